The molecule has 0 aliphatic heterocycles. The van der Waals surface area contributed by atoms with Crippen LogP contribution < -0.4 is 0 Å². The standard InChI is InChI=1S/C11H22O/c1-6-8-9-11(3,4)10(7-2)12-5/h8-10H,6-7H2,1-5H3/b9-8-. The summed E-state index contributed by atoms with van der Waals surface area (Å²) in [5.41, 5.74) is 0.166. The summed E-state index contributed by atoms with van der Waals surface area (Å²) in [6, 6.07) is 0. The monoisotopic (exact) mass is 170 g/mol. The van der Waals surface area contributed by atoms with E-state index in [9.17, 15) is 0 Å². The Morgan fingerprint density at radius 3 is 2.25 bits per heavy atom. The molecule has 0 heterocycles. The van der Waals surface area contributed by atoms with Crippen LogP contribution in [0.4, 0.5) is 0 Å². The molecule has 0 aromatic rings. The normalized spacial score (nSPS) is 15.4. The van der Waals surface area contributed by atoms with Gasteiger partial charge in [-0.2, -0.15) is 0 Å². The van der Waals surface area contributed by atoms with Crippen LogP contribution in [0.15, 0.2) is 12.2 Å². The first-order chi connectivity index (χ1) is 5.58. The highest BCUT2D eigenvalue weighted by atomic mass is 16.5. The van der Waals surface area contributed by atoms with Gasteiger partial charge in [0.05, 0.1) is 6.10 Å². The lowest BCUT2D eigenvalue weighted by molar-refractivity contribution is 0.0287. The van der Waals surface area contributed by atoms with Crippen LogP contribution in [0.25, 0.3) is 0 Å². The molecule has 0 bridgehead atoms. The molecule has 1 heteroatoms. The molecule has 0 aromatic heterocycles. The molecule has 0 aromatic carbocycles. The summed E-state index contributed by atoms with van der Waals surface area (Å²) in [4.78, 5) is 0. The second-order valence-corrected chi connectivity index (χ2v) is 3.76. The van der Waals surface area contributed by atoms with Crippen LogP contribution in [0.2, 0.25) is 0 Å². The molecule has 0 spiro atoms. The van der Waals surface area contributed by atoms with Crippen molar-refractivity contribution in [1.29, 1.82) is 0 Å². The Labute approximate surface area is 76.8 Å². The summed E-state index contributed by atoms with van der Waals surface area (Å²) in [5.74, 6) is 0. The molecule has 0 rings (SSSR count). The first kappa shape index (κ1) is 11.7. The van der Waals surface area contributed by atoms with E-state index >= 15 is 0 Å². The zero-order chi connectivity index (χ0) is 9.61. The number of hydrogen-bond donors (Lipinski definition) is 0. The number of methoxy groups -OCH3 is 1. The van der Waals surface area contributed by atoms with E-state index in [0.29, 0.717) is 6.10 Å². The lowest BCUT2D eigenvalue weighted by Crippen LogP contribution is -2.28. The number of hydrogen-bond acceptors (Lipinski definition) is 1. The lowest BCUT2D eigenvalue weighted by atomic mass is 9.84. The molecule has 0 amide bonds. The predicted octanol–water partition coefficient (Wildman–Crippen LogP) is 3.40. The van der Waals surface area contributed by atoms with E-state index < -0.39 is 0 Å². The van der Waals surface area contributed by atoms with Crippen LogP contribution >= 0.6 is 0 Å². The fraction of sp³-hybridized carbons (Fsp3) is 0.818. The van der Waals surface area contributed by atoms with Gasteiger partial charge in [0.2, 0.25) is 0 Å². The van der Waals surface area contributed by atoms with E-state index in [4.69, 9.17) is 4.74 Å². The molecule has 12 heavy (non-hydrogen) atoms. The molecule has 0 saturated heterocycles. The van der Waals surface area contributed by atoms with Gasteiger partial charge in [0.25, 0.3) is 0 Å². The quantitative estimate of drug-likeness (QED) is 0.575. The van der Waals surface area contributed by atoms with Crippen LogP contribution in [0.5, 0.6) is 0 Å². The summed E-state index contributed by atoms with van der Waals surface area (Å²) < 4.78 is 5.41. The minimum Gasteiger partial charge on any atom is -0.381 e. The zero-order valence-corrected chi connectivity index (χ0v) is 9.05. The molecule has 1 nitrogen and oxygen atoms in total. The SMILES string of the molecule is CC/C=C\C(C)(C)C(CC)OC. The van der Waals surface area contributed by atoms with Crippen LogP contribution in [-0.4, -0.2) is 13.2 Å². The van der Waals surface area contributed by atoms with Gasteiger partial charge in [-0.05, 0) is 12.8 Å². The van der Waals surface area contributed by atoms with Crippen LogP contribution in [0.1, 0.15) is 40.5 Å². The van der Waals surface area contributed by atoms with E-state index in [1.165, 1.54) is 0 Å². The van der Waals surface area contributed by atoms with Crippen molar-refractivity contribution in [3.05, 3.63) is 12.2 Å². The van der Waals surface area contributed by atoms with E-state index in [2.05, 4.69) is 39.8 Å². The van der Waals surface area contributed by atoms with Crippen molar-refractivity contribution in [2.45, 2.75) is 46.6 Å². The molecule has 0 radical (unpaired) electrons. The highest BCUT2D eigenvalue weighted by molar-refractivity contribution is 4.98. The third kappa shape index (κ3) is 3.40. The van der Waals surface area contributed by atoms with Crippen molar-refractivity contribution in [1.82, 2.24) is 0 Å². The molecule has 1 unspecified atom stereocenters. The minimum atomic E-state index is 0.166. The Kier molecular flexibility index (Phi) is 5.23. The van der Waals surface area contributed by atoms with Gasteiger partial charge in [0.1, 0.15) is 0 Å². The highest BCUT2D eigenvalue weighted by Gasteiger charge is 2.24. The lowest BCUT2D eigenvalue weighted by Gasteiger charge is -2.29. The van der Waals surface area contributed by atoms with Gasteiger partial charge in [-0.15, -0.1) is 0 Å². The smallest absolute Gasteiger partial charge is 0.0654 e. The first-order valence-electron chi connectivity index (χ1n) is 4.79. The molecule has 0 fully saturated rings. The van der Waals surface area contributed by atoms with Crippen LogP contribution in [0, 0.1) is 5.41 Å². The molecule has 0 aliphatic carbocycles. The molecule has 72 valence electrons. The summed E-state index contributed by atoms with van der Waals surface area (Å²) >= 11 is 0. The van der Waals surface area contributed by atoms with Crippen LogP contribution in [-0.2, 0) is 4.74 Å². The van der Waals surface area contributed by atoms with Crippen molar-refractivity contribution in [2.24, 2.45) is 5.41 Å². The Morgan fingerprint density at radius 2 is 1.92 bits per heavy atom. The van der Waals surface area contributed by atoms with E-state index in [0.717, 1.165) is 12.8 Å². The maximum Gasteiger partial charge on any atom is 0.0654 e. The minimum absolute atomic E-state index is 0.166. The van der Waals surface area contributed by atoms with Crippen molar-refractivity contribution in [3.8, 4) is 0 Å². The van der Waals surface area contributed by atoms with E-state index in [1.54, 1.807) is 7.11 Å². The predicted molar refractivity (Wildman–Crippen MR) is 54.3 cm³/mol. The third-order valence-corrected chi connectivity index (χ3v) is 2.27. The molecule has 1 atom stereocenters. The number of allylic oxidation sites excluding steroid dienone is 1. The van der Waals surface area contributed by atoms with Gasteiger partial charge in [-0.1, -0.05) is 39.8 Å². The Balaban J connectivity index is 4.24. The molecular weight excluding hydrogens is 148 g/mol. The highest BCUT2D eigenvalue weighted by Crippen LogP contribution is 2.26. The Morgan fingerprint density at radius 1 is 1.33 bits per heavy atom. The topological polar surface area (TPSA) is 9.23 Å². The number of rotatable bonds is 5. The second kappa shape index (κ2) is 5.36. The fourth-order valence-corrected chi connectivity index (χ4v) is 1.53. The van der Waals surface area contributed by atoms with Gasteiger partial charge in [0.15, 0.2) is 0 Å². The van der Waals surface area contributed by atoms with Gasteiger partial charge < -0.3 is 4.74 Å². The zero-order valence-electron chi connectivity index (χ0n) is 9.05. The third-order valence-electron chi connectivity index (χ3n) is 2.27. The van der Waals surface area contributed by atoms with Gasteiger partial charge in [0, 0.05) is 12.5 Å². The largest absolute Gasteiger partial charge is 0.381 e. The second-order valence-electron chi connectivity index (χ2n) is 3.76. The summed E-state index contributed by atoms with van der Waals surface area (Å²) in [6.07, 6.45) is 6.97. The Bertz CT molecular complexity index is 132. The van der Waals surface area contributed by atoms with Crippen molar-refractivity contribution < 1.29 is 4.74 Å². The number of ether oxygens (including phenoxy) is 1. The van der Waals surface area contributed by atoms with Gasteiger partial charge in [-0.3, -0.25) is 0 Å². The molecular formula is C11H22O. The van der Waals surface area contributed by atoms with Crippen LogP contribution in [0.3, 0.4) is 0 Å². The maximum absolute atomic E-state index is 5.41. The molecule has 0 N–H and O–H groups in total. The summed E-state index contributed by atoms with van der Waals surface area (Å²) in [7, 11) is 1.79. The van der Waals surface area contributed by atoms with Crippen molar-refractivity contribution in [2.75, 3.05) is 7.11 Å². The molecule has 0 saturated carbocycles. The summed E-state index contributed by atoms with van der Waals surface area (Å²) in [5, 5.41) is 0. The Hall–Kier alpha value is -0.300. The van der Waals surface area contributed by atoms with Gasteiger partial charge >= 0.3 is 0 Å². The summed E-state index contributed by atoms with van der Waals surface area (Å²) in [6.45, 7) is 8.75. The average Bonchev–Trinajstić information content (AvgIpc) is 2.03. The average molecular weight is 170 g/mol. The molecule has 0 aliphatic rings. The van der Waals surface area contributed by atoms with Crippen molar-refractivity contribution >= 4 is 0 Å². The van der Waals surface area contributed by atoms with Gasteiger partial charge in [-0.25, -0.2) is 0 Å². The maximum atomic E-state index is 5.41. The van der Waals surface area contributed by atoms with Crippen molar-refractivity contribution in [3.63, 3.8) is 0 Å². The first-order valence-corrected chi connectivity index (χ1v) is 4.79. The fourth-order valence-electron chi connectivity index (χ4n) is 1.53. The van der Waals surface area contributed by atoms with E-state index in [-0.39, 0.29) is 5.41 Å². The van der Waals surface area contributed by atoms with E-state index in [1.807, 2.05) is 0 Å².